The summed E-state index contributed by atoms with van der Waals surface area (Å²) in [7, 11) is 0. The van der Waals surface area contributed by atoms with Crippen molar-refractivity contribution in [2.75, 3.05) is 0 Å². The molecule has 1 aromatic rings. The fraction of sp³-hybridized carbons (Fsp3) is 0.500. The zero-order valence-electron chi connectivity index (χ0n) is 8.49. The number of hydrogen-bond acceptors (Lipinski definition) is 2. The molecule has 1 unspecified atom stereocenters. The van der Waals surface area contributed by atoms with Gasteiger partial charge in [0.1, 0.15) is 5.78 Å². The van der Waals surface area contributed by atoms with Gasteiger partial charge in [0, 0.05) is 30.1 Å². The van der Waals surface area contributed by atoms with Gasteiger partial charge in [-0.25, -0.2) is 0 Å². The van der Waals surface area contributed by atoms with Crippen LogP contribution in [-0.4, -0.2) is 10.8 Å². The van der Waals surface area contributed by atoms with Crippen LogP contribution < -0.4 is 0 Å². The molecule has 1 saturated carbocycles. The molecule has 0 saturated heterocycles. The first-order chi connectivity index (χ1) is 6.75. The third kappa shape index (κ3) is 2.00. The third-order valence-electron chi connectivity index (χ3n) is 2.81. The molecule has 0 spiro atoms. The van der Waals surface area contributed by atoms with Crippen molar-refractivity contribution in [2.24, 2.45) is 0 Å². The predicted molar refractivity (Wildman–Crippen MR) is 55.2 cm³/mol. The van der Waals surface area contributed by atoms with Crippen molar-refractivity contribution in [1.82, 2.24) is 4.98 Å². The highest BCUT2D eigenvalue weighted by molar-refractivity contribution is 5.79. The molecular weight excluding hydrogens is 174 g/mol. The number of nitrogens with zero attached hydrogens (tertiary/aromatic N) is 1. The van der Waals surface area contributed by atoms with Crippen LogP contribution in [0.4, 0.5) is 0 Å². The number of carbonyl (C=O) groups is 1. The molecule has 0 aliphatic heterocycles. The molecule has 2 nitrogen and oxygen atoms in total. The Balaban J connectivity index is 2.17. The number of carbonyl (C=O) groups excluding carboxylic acids is 1. The monoisotopic (exact) mass is 189 g/mol. The van der Waals surface area contributed by atoms with Crippen molar-refractivity contribution in [3.05, 3.63) is 29.6 Å². The molecule has 0 radical (unpaired) electrons. The maximum absolute atomic E-state index is 11.3. The minimum Gasteiger partial charge on any atom is -0.300 e. The van der Waals surface area contributed by atoms with Crippen molar-refractivity contribution < 1.29 is 4.79 Å². The van der Waals surface area contributed by atoms with E-state index in [0.717, 1.165) is 30.7 Å². The Bertz CT molecular complexity index is 346. The number of aromatic nitrogens is 1. The zero-order valence-corrected chi connectivity index (χ0v) is 8.49. The number of hydrogen-bond donors (Lipinski definition) is 0. The van der Waals surface area contributed by atoms with Crippen LogP contribution in [0, 0.1) is 6.92 Å². The van der Waals surface area contributed by atoms with Crippen molar-refractivity contribution in [3.8, 4) is 0 Å². The molecule has 1 atom stereocenters. The summed E-state index contributed by atoms with van der Waals surface area (Å²) in [6.45, 7) is 1.99. The SMILES string of the molecule is Cc1cccc(C2CCCC(=O)C2)n1. The first-order valence-electron chi connectivity index (χ1n) is 5.21. The summed E-state index contributed by atoms with van der Waals surface area (Å²) in [4.78, 5) is 15.8. The molecule has 74 valence electrons. The molecule has 2 rings (SSSR count). The molecular formula is C12H15NO. The number of aryl methyl sites for hydroxylation is 1. The Hall–Kier alpha value is -1.18. The van der Waals surface area contributed by atoms with Crippen LogP contribution in [0.2, 0.25) is 0 Å². The fourth-order valence-electron chi connectivity index (χ4n) is 2.07. The quantitative estimate of drug-likeness (QED) is 0.679. The molecule has 0 N–H and O–H groups in total. The number of pyridine rings is 1. The number of ketones is 1. The van der Waals surface area contributed by atoms with Gasteiger partial charge in [0.25, 0.3) is 0 Å². The van der Waals surface area contributed by atoms with Crippen LogP contribution in [0.3, 0.4) is 0 Å². The molecule has 1 heterocycles. The molecule has 0 amide bonds. The lowest BCUT2D eigenvalue weighted by molar-refractivity contribution is -0.120. The van der Waals surface area contributed by atoms with Crippen molar-refractivity contribution in [3.63, 3.8) is 0 Å². The first kappa shape index (κ1) is 9.38. The van der Waals surface area contributed by atoms with Gasteiger partial charge in [-0.15, -0.1) is 0 Å². The van der Waals surface area contributed by atoms with Crippen molar-refractivity contribution in [2.45, 2.75) is 38.5 Å². The second kappa shape index (κ2) is 3.91. The Kier molecular flexibility index (Phi) is 2.62. The lowest BCUT2D eigenvalue weighted by Crippen LogP contribution is -2.14. The van der Waals surface area contributed by atoms with Crippen LogP contribution in [0.5, 0.6) is 0 Å². The maximum Gasteiger partial charge on any atom is 0.133 e. The van der Waals surface area contributed by atoms with E-state index in [4.69, 9.17) is 0 Å². The van der Waals surface area contributed by atoms with Gasteiger partial charge in [-0.3, -0.25) is 9.78 Å². The summed E-state index contributed by atoms with van der Waals surface area (Å²) in [6.07, 6.45) is 3.60. The molecule has 2 heteroatoms. The van der Waals surface area contributed by atoms with Crippen LogP contribution in [0.15, 0.2) is 18.2 Å². The van der Waals surface area contributed by atoms with Gasteiger partial charge in [-0.1, -0.05) is 6.07 Å². The van der Waals surface area contributed by atoms with Gasteiger partial charge >= 0.3 is 0 Å². The maximum atomic E-state index is 11.3. The Morgan fingerprint density at radius 1 is 1.43 bits per heavy atom. The van der Waals surface area contributed by atoms with E-state index >= 15 is 0 Å². The van der Waals surface area contributed by atoms with E-state index in [1.165, 1.54) is 0 Å². The molecule has 1 aliphatic rings. The topological polar surface area (TPSA) is 30.0 Å². The van der Waals surface area contributed by atoms with Gasteiger partial charge in [0.05, 0.1) is 0 Å². The largest absolute Gasteiger partial charge is 0.300 e. The van der Waals surface area contributed by atoms with E-state index in [-0.39, 0.29) is 0 Å². The normalized spacial score (nSPS) is 22.4. The van der Waals surface area contributed by atoms with Crippen LogP contribution in [-0.2, 0) is 4.79 Å². The fourth-order valence-corrected chi connectivity index (χ4v) is 2.07. The summed E-state index contributed by atoms with van der Waals surface area (Å²) >= 11 is 0. The van der Waals surface area contributed by atoms with E-state index in [1.54, 1.807) is 0 Å². The summed E-state index contributed by atoms with van der Waals surface area (Å²) in [5, 5.41) is 0. The lowest BCUT2D eigenvalue weighted by Gasteiger charge is -2.20. The van der Waals surface area contributed by atoms with Gasteiger partial charge in [-0.05, 0) is 31.9 Å². The third-order valence-corrected chi connectivity index (χ3v) is 2.81. The van der Waals surface area contributed by atoms with E-state index in [1.807, 2.05) is 25.1 Å². The minimum absolute atomic E-state index is 0.371. The van der Waals surface area contributed by atoms with E-state index < -0.39 is 0 Å². The Morgan fingerprint density at radius 3 is 3.00 bits per heavy atom. The van der Waals surface area contributed by atoms with Gasteiger partial charge in [-0.2, -0.15) is 0 Å². The Morgan fingerprint density at radius 2 is 2.29 bits per heavy atom. The molecule has 1 fully saturated rings. The highest BCUT2D eigenvalue weighted by Crippen LogP contribution is 2.29. The smallest absolute Gasteiger partial charge is 0.133 e. The minimum atomic E-state index is 0.371. The molecule has 14 heavy (non-hydrogen) atoms. The molecule has 1 aromatic heterocycles. The Labute approximate surface area is 84.4 Å². The van der Waals surface area contributed by atoms with Gasteiger partial charge < -0.3 is 0 Å². The number of Topliss-reactive ketones (excluding diaryl/α,β-unsaturated/α-hetero) is 1. The van der Waals surface area contributed by atoms with Crippen LogP contribution in [0.1, 0.15) is 43.0 Å². The molecule has 1 aliphatic carbocycles. The van der Waals surface area contributed by atoms with E-state index in [0.29, 0.717) is 18.1 Å². The summed E-state index contributed by atoms with van der Waals surface area (Å²) in [6, 6.07) is 6.06. The van der Waals surface area contributed by atoms with E-state index in [9.17, 15) is 4.79 Å². The summed E-state index contributed by atoms with van der Waals surface area (Å²) in [5.41, 5.74) is 2.14. The van der Waals surface area contributed by atoms with Crippen LogP contribution >= 0.6 is 0 Å². The second-order valence-corrected chi connectivity index (χ2v) is 4.04. The van der Waals surface area contributed by atoms with Gasteiger partial charge in [0.15, 0.2) is 0 Å². The van der Waals surface area contributed by atoms with Crippen molar-refractivity contribution >= 4 is 5.78 Å². The lowest BCUT2D eigenvalue weighted by atomic mass is 9.86. The first-order valence-corrected chi connectivity index (χ1v) is 5.21. The highest BCUT2D eigenvalue weighted by atomic mass is 16.1. The molecule has 0 aromatic carbocycles. The van der Waals surface area contributed by atoms with E-state index in [2.05, 4.69) is 4.98 Å². The average molecular weight is 189 g/mol. The zero-order chi connectivity index (χ0) is 9.97. The predicted octanol–water partition coefficient (Wildman–Crippen LogP) is 2.62. The standard InChI is InChI=1S/C12H15NO/c1-9-4-2-7-12(13-9)10-5-3-6-11(14)8-10/h2,4,7,10H,3,5-6,8H2,1H3. The number of rotatable bonds is 1. The highest BCUT2D eigenvalue weighted by Gasteiger charge is 2.21. The second-order valence-electron chi connectivity index (χ2n) is 4.04. The molecule has 0 bridgehead atoms. The summed E-state index contributed by atoms with van der Waals surface area (Å²) < 4.78 is 0. The average Bonchev–Trinajstić information content (AvgIpc) is 2.18. The van der Waals surface area contributed by atoms with Crippen LogP contribution in [0.25, 0.3) is 0 Å². The summed E-state index contributed by atoms with van der Waals surface area (Å²) in [5.74, 6) is 0.765. The van der Waals surface area contributed by atoms with Gasteiger partial charge in [0.2, 0.25) is 0 Å². The van der Waals surface area contributed by atoms with Crippen molar-refractivity contribution in [1.29, 1.82) is 0 Å².